The molecule has 1 aromatic rings. The third-order valence-electron chi connectivity index (χ3n) is 4.37. The number of nitrogens with zero attached hydrogens (tertiary/aromatic N) is 2. The molecule has 1 fully saturated rings. The summed E-state index contributed by atoms with van der Waals surface area (Å²) in [5.41, 5.74) is 0.563. The van der Waals surface area contributed by atoms with Crippen molar-refractivity contribution in [1.29, 1.82) is 0 Å². The number of nitrogens with one attached hydrogen (secondary N) is 3. The molecular formula is C19H31N5O2. The summed E-state index contributed by atoms with van der Waals surface area (Å²) < 4.78 is 5.91. The lowest BCUT2D eigenvalue weighted by atomic mass is 9.98. The van der Waals surface area contributed by atoms with E-state index >= 15 is 0 Å². The Bertz CT molecular complexity index is 544. The topological polar surface area (TPSA) is 87.6 Å². The zero-order valence-corrected chi connectivity index (χ0v) is 15.7. The Labute approximate surface area is 156 Å². The van der Waals surface area contributed by atoms with Crippen molar-refractivity contribution in [2.45, 2.75) is 44.6 Å². The first-order valence-corrected chi connectivity index (χ1v) is 9.54. The van der Waals surface area contributed by atoms with Gasteiger partial charge in [0, 0.05) is 45.7 Å². The molecule has 1 aromatic heterocycles. The molecule has 7 nitrogen and oxygen atoms in total. The zero-order valence-electron chi connectivity index (χ0n) is 15.7. The van der Waals surface area contributed by atoms with Gasteiger partial charge in [0.2, 0.25) is 0 Å². The van der Waals surface area contributed by atoms with Crippen LogP contribution in [-0.2, 0) is 4.74 Å². The number of aliphatic imine (C=N–C) groups is 1. The summed E-state index contributed by atoms with van der Waals surface area (Å²) in [6.07, 6.45) is 11.0. The molecule has 0 saturated heterocycles. The van der Waals surface area contributed by atoms with E-state index in [9.17, 15) is 4.79 Å². The fraction of sp³-hybridized carbons (Fsp3) is 0.632. The molecule has 0 aromatic carbocycles. The normalized spacial score (nSPS) is 15.5. The van der Waals surface area contributed by atoms with Crippen LogP contribution in [0.2, 0.25) is 0 Å². The minimum absolute atomic E-state index is 0.122. The van der Waals surface area contributed by atoms with Crippen LogP contribution in [0, 0.1) is 0 Å². The summed E-state index contributed by atoms with van der Waals surface area (Å²) in [5, 5.41) is 9.29. The number of carbonyl (C=O) groups is 1. The van der Waals surface area contributed by atoms with Gasteiger partial charge in [0.25, 0.3) is 5.91 Å². The molecule has 0 atom stereocenters. The molecule has 0 bridgehead atoms. The van der Waals surface area contributed by atoms with Gasteiger partial charge in [-0.2, -0.15) is 0 Å². The zero-order chi connectivity index (χ0) is 18.5. The number of guanidine groups is 1. The quantitative estimate of drug-likeness (QED) is 0.354. The summed E-state index contributed by atoms with van der Waals surface area (Å²) in [7, 11) is 1.74. The average Bonchev–Trinajstić information content (AvgIpc) is 2.70. The smallest absolute Gasteiger partial charge is 0.252 e. The predicted molar refractivity (Wildman–Crippen MR) is 103 cm³/mol. The highest BCUT2D eigenvalue weighted by atomic mass is 16.5. The van der Waals surface area contributed by atoms with Gasteiger partial charge >= 0.3 is 0 Å². The van der Waals surface area contributed by atoms with Crippen molar-refractivity contribution in [3.63, 3.8) is 0 Å². The number of rotatable bonds is 9. The summed E-state index contributed by atoms with van der Waals surface area (Å²) in [5.74, 6) is 0.612. The standard InChI is InChI=1S/C19H31N5O2/c1-20-19(23-11-6-14-26-17-8-3-2-4-9-17)24-13-12-22-18(25)16-7-5-10-21-15-16/h5,7,10,15,17H,2-4,6,8-9,11-14H2,1H3,(H,22,25)(H2,20,23,24). The molecule has 1 saturated carbocycles. The van der Waals surface area contributed by atoms with Crippen LogP contribution in [0.1, 0.15) is 48.9 Å². The first-order chi connectivity index (χ1) is 12.8. The second-order valence-electron chi connectivity index (χ2n) is 6.41. The Morgan fingerprint density at radius 1 is 1.19 bits per heavy atom. The van der Waals surface area contributed by atoms with Gasteiger partial charge in [-0.1, -0.05) is 19.3 Å². The van der Waals surface area contributed by atoms with E-state index in [1.807, 2.05) is 0 Å². The van der Waals surface area contributed by atoms with Crippen molar-refractivity contribution in [3.8, 4) is 0 Å². The van der Waals surface area contributed by atoms with Crippen molar-refractivity contribution in [3.05, 3.63) is 30.1 Å². The number of pyridine rings is 1. The van der Waals surface area contributed by atoms with Crippen LogP contribution in [0.5, 0.6) is 0 Å². The maximum atomic E-state index is 11.9. The van der Waals surface area contributed by atoms with Crippen LogP contribution in [0.15, 0.2) is 29.5 Å². The second kappa shape index (κ2) is 12.2. The number of hydrogen-bond donors (Lipinski definition) is 3. The van der Waals surface area contributed by atoms with E-state index < -0.39 is 0 Å². The van der Waals surface area contributed by atoms with Gasteiger partial charge in [-0.05, 0) is 31.4 Å². The van der Waals surface area contributed by atoms with Gasteiger partial charge < -0.3 is 20.7 Å². The Morgan fingerprint density at radius 3 is 2.69 bits per heavy atom. The van der Waals surface area contributed by atoms with E-state index in [4.69, 9.17) is 4.74 Å². The maximum absolute atomic E-state index is 11.9. The van der Waals surface area contributed by atoms with E-state index in [1.54, 1.807) is 31.6 Å². The highest BCUT2D eigenvalue weighted by Gasteiger charge is 2.13. The minimum Gasteiger partial charge on any atom is -0.378 e. The van der Waals surface area contributed by atoms with Crippen molar-refractivity contribution in [2.75, 3.05) is 33.3 Å². The van der Waals surface area contributed by atoms with Crippen LogP contribution >= 0.6 is 0 Å². The lowest BCUT2D eigenvalue weighted by Crippen LogP contribution is -2.42. The Kier molecular flexibility index (Phi) is 9.50. The third kappa shape index (κ3) is 7.82. The van der Waals surface area contributed by atoms with Crippen LogP contribution < -0.4 is 16.0 Å². The average molecular weight is 361 g/mol. The van der Waals surface area contributed by atoms with Crippen molar-refractivity contribution in [1.82, 2.24) is 20.9 Å². The van der Waals surface area contributed by atoms with Crippen LogP contribution in [-0.4, -0.2) is 56.2 Å². The van der Waals surface area contributed by atoms with E-state index in [0.717, 1.165) is 25.5 Å². The molecule has 2 rings (SSSR count). The van der Waals surface area contributed by atoms with Crippen molar-refractivity contribution >= 4 is 11.9 Å². The van der Waals surface area contributed by atoms with E-state index in [-0.39, 0.29) is 5.91 Å². The SMILES string of the molecule is CN=C(NCCCOC1CCCCC1)NCCNC(=O)c1cccnc1. The van der Waals surface area contributed by atoms with Gasteiger partial charge in [0.1, 0.15) is 0 Å². The van der Waals surface area contributed by atoms with Gasteiger partial charge in [-0.15, -0.1) is 0 Å². The van der Waals surface area contributed by atoms with E-state index in [2.05, 4.69) is 25.9 Å². The monoisotopic (exact) mass is 361 g/mol. The van der Waals surface area contributed by atoms with Crippen LogP contribution in [0.4, 0.5) is 0 Å². The molecular weight excluding hydrogens is 330 g/mol. The Hall–Kier alpha value is -2.15. The molecule has 0 radical (unpaired) electrons. The van der Waals surface area contributed by atoms with E-state index in [1.165, 1.54) is 32.1 Å². The number of aromatic nitrogens is 1. The van der Waals surface area contributed by atoms with Crippen LogP contribution in [0.25, 0.3) is 0 Å². The molecule has 1 heterocycles. The molecule has 0 unspecified atom stereocenters. The van der Waals surface area contributed by atoms with Crippen molar-refractivity contribution < 1.29 is 9.53 Å². The first kappa shape index (κ1) is 20.2. The number of amides is 1. The highest BCUT2D eigenvalue weighted by molar-refractivity contribution is 5.93. The van der Waals surface area contributed by atoms with Gasteiger partial charge in [-0.3, -0.25) is 14.8 Å². The molecule has 7 heteroatoms. The molecule has 3 N–H and O–H groups in total. The molecule has 26 heavy (non-hydrogen) atoms. The third-order valence-corrected chi connectivity index (χ3v) is 4.37. The summed E-state index contributed by atoms with van der Waals surface area (Å²) in [6, 6.07) is 3.49. The van der Waals surface area contributed by atoms with Crippen molar-refractivity contribution in [2.24, 2.45) is 4.99 Å². The summed E-state index contributed by atoms with van der Waals surface area (Å²) in [6.45, 7) is 2.72. The predicted octanol–water partition coefficient (Wildman–Crippen LogP) is 1.72. The number of hydrogen-bond acceptors (Lipinski definition) is 4. The lowest BCUT2D eigenvalue weighted by Gasteiger charge is -2.22. The molecule has 144 valence electrons. The Morgan fingerprint density at radius 2 is 1.96 bits per heavy atom. The van der Waals surface area contributed by atoms with Gasteiger partial charge in [0.15, 0.2) is 5.96 Å². The molecule has 1 aliphatic rings. The summed E-state index contributed by atoms with van der Waals surface area (Å²) >= 11 is 0. The largest absolute Gasteiger partial charge is 0.378 e. The number of carbonyl (C=O) groups excluding carboxylic acids is 1. The Balaban J connectivity index is 1.50. The lowest BCUT2D eigenvalue weighted by molar-refractivity contribution is 0.0277. The maximum Gasteiger partial charge on any atom is 0.252 e. The molecule has 0 aliphatic heterocycles. The van der Waals surface area contributed by atoms with E-state index in [0.29, 0.717) is 24.8 Å². The molecule has 1 aliphatic carbocycles. The number of ether oxygens (including phenoxy) is 1. The minimum atomic E-state index is -0.122. The fourth-order valence-corrected chi connectivity index (χ4v) is 2.94. The first-order valence-electron chi connectivity index (χ1n) is 9.54. The van der Waals surface area contributed by atoms with Gasteiger partial charge in [0.05, 0.1) is 11.7 Å². The second-order valence-corrected chi connectivity index (χ2v) is 6.41. The molecule has 0 spiro atoms. The fourth-order valence-electron chi connectivity index (χ4n) is 2.94. The van der Waals surface area contributed by atoms with Gasteiger partial charge in [-0.25, -0.2) is 0 Å². The molecule has 1 amide bonds. The van der Waals surface area contributed by atoms with Crippen LogP contribution in [0.3, 0.4) is 0 Å². The highest BCUT2D eigenvalue weighted by Crippen LogP contribution is 2.20. The summed E-state index contributed by atoms with van der Waals surface area (Å²) in [4.78, 5) is 20.0.